The first-order valence-electron chi connectivity index (χ1n) is 10.3. The van der Waals surface area contributed by atoms with Crippen LogP contribution in [0.4, 0.5) is 17.6 Å². The van der Waals surface area contributed by atoms with Gasteiger partial charge in [0.15, 0.2) is 0 Å². The van der Waals surface area contributed by atoms with E-state index in [0.717, 1.165) is 25.2 Å². The van der Waals surface area contributed by atoms with Crippen molar-refractivity contribution >= 4 is 0 Å². The van der Waals surface area contributed by atoms with E-state index in [1.54, 1.807) is 0 Å². The Hall–Kier alpha value is -0.320. The average Bonchev–Trinajstić information content (AvgIpc) is 2.54. The van der Waals surface area contributed by atoms with Crippen LogP contribution >= 0.6 is 0 Å². The smallest absolute Gasteiger partial charge is 0.254 e. The number of hydrogen-bond donors (Lipinski definition) is 0. The second kappa shape index (κ2) is 7.74. The van der Waals surface area contributed by atoms with Gasteiger partial charge in [0.25, 0.3) is 0 Å². The standard InChI is InChI=1S/C20H32F4O/c1-2-4-14-6-8-15(9-7-14)16-10-11-18-17(13-16)5-3-12-19(18,21)25-20(22,23)24/h14-18H,2-13H2,1H3. The Balaban J connectivity index is 1.57. The molecule has 146 valence electrons. The summed E-state index contributed by atoms with van der Waals surface area (Å²) in [6.45, 7) is 2.24. The Morgan fingerprint density at radius 1 is 0.920 bits per heavy atom. The summed E-state index contributed by atoms with van der Waals surface area (Å²) in [5.74, 6) is -0.856. The molecule has 1 nitrogen and oxygen atoms in total. The molecular formula is C20H32F4O. The molecular weight excluding hydrogens is 332 g/mol. The zero-order valence-corrected chi connectivity index (χ0v) is 15.3. The normalized spacial score (nSPS) is 42.8. The van der Waals surface area contributed by atoms with E-state index in [9.17, 15) is 17.6 Å². The van der Waals surface area contributed by atoms with E-state index in [-0.39, 0.29) is 12.3 Å². The molecule has 0 N–H and O–H groups in total. The van der Waals surface area contributed by atoms with Crippen LogP contribution in [0.2, 0.25) is 0 Å². The van der Waals surface area contributed by atoms with E-state index < -0.39 is 18.1 Å². The summed E-state index contributed by atoms with van der Waals surface area (Å²) in [7, 11) is 0. The summed E-state index contributed by atoms with van der Waals surface area (Å²) in [5.41, 5.74) is 0. The fourth-order valence-corrected chi connectivity index (χ4v) is 6.08. The van der Waals surface area contributed by atoms with Gasteiger partial charge in [-0.05, 0) is 68.6 Å². The van der Waals surface area contributed by atoms with Gasteiger partial charge in [-0.1, -0.05) is 32.6 Å². The van der Waals surface area contributed by atoms with E-state index in [1.165, 1.54) is 38.5 Å². The summed E-state index contributed by atoms with van der Waals surface area (Å²) >= 11 is 0. The molecule has 0 spiro atoms. The highest BCUT2D eigenvalue weighted by atomic mass is 19.4. The Morgan fingerprint density at radius 3 is 2.24 bits per heavy atom. The summed E-state index contributed by atoms with van der Waals surface area (Å²) in [5, 5.41) is 0. The number of alkyl halides is 4. The molecule has 3 aliphatic rings. The molecule has 5 heteroatoms. The molecule has 3 aliphatic carbocycles. The van der Waals surface area contributed by atoms with Crippen molar-refractivity contribution in [1.29, 1.82) is 0 Å². The van der Waals surface area contributed by atoms with Gasteiger partial charge in [0.2, 0.25) is 5.85 Å². The zero-order chi connectivity index (χ0) is 18.1. The Labute approximate surface area is 148 Å². The Morgan fingerprint density at radius 2 is 1.60 bits per heavy atom. The molecule has 25 heavy (non-hydrogen) atoms. The van der Waals surface area contributed by atoms with Crippen molar-refractivity contribution in [3.63, 3.8) is 0 Å². The van der Waals surface area contributed by atoms with Crippen LogP contribution in [0.15, 0.2) is 0 Å². The largest absolute Gasteiger partial charge is 0.525 e. The van der Waals surface area contributed by atoms with E-state index in [0.29, 0.717) is 24.7 Å². The fraction of sp³-hybridized carbons (Fsp3) is 1.00. The van der Waals surface area contributed by atoms with Crippen molar-refractivity contribution in [2.45, 2.75) is 96.2 Å². The predicted molar refractivity (Wildman–Crippen MR) is 89.5 cm³/mol. The van der Waals surface area contributed by atoms with Gasteiger partial charge in [-0.3, -0.25) is 4.74 Å². The van der Waals surface area contributed by atoms with Gasteiger partial charge in [0.1, 0.15) is 0 Å². The first-order chi connectivity index (χ1) is 11.8. The van der Waals surface area contributed by atoms with Crippen molar-refractivity contribution in [3.05, 3.63) is 0 Å². The molecule has 3 fully saturated rings. The number of ether oxygens (including phenoxy) is 1. The highest BCUT2D eigenvalue weighted by Crippen LogP contribution is 2.54. The van der Waals surface area contributed by atoms with Crippen molar-refractivity contribution in [2.24, 2.45) is 29.6 Å². The van der Waals surface area contributed by atoms with Crippen molar-refractivity contribution in [3.8, 4) is 0 Å². The van der Waals surface area contributed by atoms with Gasteiger partial charge >= 0.3 is 6.36 Å². The fourth-order valence-electron chi connectivity index (χ4n) is 6.08. The first kappa shape index (κ1) is 19.4. The van der Waals surface area contributed by atoms with E-state index in [1.807, 2.05) is 0 Å². The first-order valence-corrected chi connectivity index (χ1v) is 10.3. The van der Waals surface area contributed by atoms with Crippen LogP contribution in [-0.4, -0.2) is 12.2 Å². The second-order valence-corrected chi connectivity index (χ2v) is 8.74. The maximum absolute atomic E-state index is 15.0. The lowest BCUT2D eigenvalue weighted by molar-refractivity contribution is -0.412. The zero-order valence-electron chi connectivity index (χ0n) is 15.3. The van der Waals surface area contributed by atoms with Crippen molar-refractivity contribution in [1.82, 2.24) is 0 Å². The van der Waals surface area contributed by atoms with Crippen LogP contribution in [0.25, 0.3) is 0 Å². The van der Waals surface area contributed by atoms with Gasteiger partial charge in [-0.25, -0.2) is 4.39 Å². The Kier molecular flexibility index (Phi) is 6.02. The van der Waals surface area contributed by atoms with Crippen LogP contribution < -0.4 is 0 Å². The molecule has 0 saturated heterocycles. The summed E-state index contributed by atoms with van der Waals surface area (Å²) in [4.78, 5) is 0. The van der Waals surface area contributed by atoms with Crippen molar-refractivity contribution in [2.75, 3.05) is 0 Å². The van der Waals surface area contributed by atoms with Gasteiger partial charge in [0, 0.05) is 12.3 Å². The van der Waals surface area contributed by atoms with Crippen molar-refractivity contribution < 1.29 is 22.3 Å². The minimum Gasteiger partial charge on any atom is -0.254 e. The lowest BCUT2D eigenvalue weighted by Crippen LogP contribution is -2.49. The van der Waals surface area contributed by atoms with Crippen LogP contribution in [0.3, 0.4) is 0 Å². The monoisotopic (exact) mass is 364 g/mol. The van der Waals surface area contributed by atoms with Gasteiger partial charge in [-0.2, -0.15) is 0 Å². The molecule has 4 unspecified atom stereocenters. The van der Waals surface area contributed by atoms with E-state index >= 15 is 0 Å². The molecule has 0 aromatic carbocycles. The predicted octanol–water partition coefficient (Wildman–Crippen LogP) is 7.01. The minimum atomic E-state index is -4.88. The second-order valence-electron chi connectivity index (χ2n) is 8.74. The number of rotatable bonds is 4. The maximum Gasteiger partial charge on any atom is 0.525 e. The molecule has 0 heterocycles. The lowest BCUT2D eigenvalue weighted by Gasteiger charge is -2.48. The summed E-state index contributed by atoms with van der Waals surface area (Å²) in [6.07, 6.45) is 6.38. The van der Waals surface area contributed by atoms with Crippen LogP contribution in [0.5, 0.6) is 0 Å². The summed E-state index contributed by atoms with van der Waals surface area (Å²) < 4.78 is 56.9. The van der Waals surface area contributed by atoms with Gasteiger partial charge in [-0.15, -0.1) is 13.2 Å². The third kappa shape index (κ3) is 4.70. The molecule has 4 atom stereocenters. The van der Waals surface area contributed by atoms with Crippen LogP contribution in [0.1, 0.15) is 84.0 Å². The number of fused-ring (bicyclic) bond motifs is 1. The minimum absolute atomic E-state index is 0.0632. The third-order valence-electron chi connectivity index (χ3n) is 7.21. The van der Waals surface area contributed by atoms with Gasteiger partial charge in [0.05, 0.1) is 0 Å². The molecule has 0 aromatic heterocycles. The topological polar surface area (TPSA) is 9.23 Å². The van der Waals surface area contributed by atoms with Crippen LogP contribution in [0, 0.1) is 29.6 Å². The summed E-state index contributed by atoms with van der Waals surface area (Å²) in [6, 6.07) is 0. The molecule has 0 aliphatic heterocycles. The van der Waals surface area contributed by atoms with Crippen LogP contribution in [-0.2, 0) is 4.74 Å². The van der Waals surface area contributed by atoms with Gasteiger partial charge < -0.3 is 0 Å². The molecule has 0 amide bonds. The number of hydrogen-bond acceptors (Lipinski definition) is 1. The highest BCUT2D eigenvalue weighted by Gasteiger charge is 2.55. The number of halogens is 4. The molecule has 0 bridgehead atoms. The molecule has 3 saturated carbocycles. The molecule has 3 rings (SSSR count). The third-order valence-corrected chi connectivity index (χ3v) is 7.21. The van der Waals surface area contributed by atoms with E-state index in [2.05, 4.69) is 11.7 Å². The lowest BCUT2D eigenvalue weighted by atomic mass is 9.61. The quantitative estimate of drug-likeness (QED) is 0.487. The maximum atomic E-state index is 15.0. The average molecular weight is 364 g/mol. The molecule has 0 radical (unpaired) electrons. The van der Waals surface area contributed by atoms with E-state index in [4.69, 9.17) is 0 Å². The highest BCUT2D eigenvalue weighted by molar-refractivity contribution is 4.95. The SMILES string of the molecule is CCCC1CCC(C2CCC3C(CCCC3(F)OC(F)(F)F)C2)CC1. The Bertz CT molecular complexity index is 430. The molecule has 0 aromatic rings.